The van der Waals surface area contributed by atoms with Crippen molar-refractivity contribution in [3.63, 3.8) is 0 Å². The third-order valence-corrected chi connectivity index (χ3v) is 1.49. The van der Waals surface area contributed by atoms with Crippen molar-refractivity contribution in [1.82, 2.24) is 15.2 Å². The topological polar surface area (TPSA) is 93.6 Å². The molecule has 11 heavy (non-hydrogen) atoms. The van der Waals surface area contributed by atoms with Crippen LogP contribution in [0.5, 0.6) is 0 Å². The van der Waals surface area contributed by atoms with Crippen LogP contribution in [0.3, 0.4) is 0 Å². The van der Waals surface area contributed by atoms with Crippen LogP contribution in [-0.2, 0) is 6.42 Å². The normalized spacial score (nSPS) is 13.3. The van der Waals surface area contributed by atoms with Crippen LogP contribution in [0.4, 0.5) is 5.95 Å². The second-order valence-corrected chi connectivity index (χ2v) is 2.69. The van der Waals surface area contributed by atoms with Crippen molar-refractivity contribution in [2.75, 3.05) is 12.3 Å². The summed E-state index contributed by atoms with van der Waals surface area (Å²) < 4.78 is 0. The van der Waals surface area contributed by atoms with Gasteiger partial charge in [0.25, 0.3) is 0 Å². The largest absolute Gasteiger partial charge is 0.367 e. The molecule has 0 bridgehead atoms. The molecule has 1 unspecified atom stereocenters. The predicted octanol–water partition coefficient (Wildman–Crippen LogP) is -0.476. The number of aromatic nitrogens is 3. The van der Waals surface area contributed by atoms with Gasteiger partial charge in [-0.1, -0.05) is 6.92 Å². The van der Waals surface area contributed by atoms with Crippen LogP contribution in [0.2, 0.25) is 0 Å². The molecule has 62 valence electrons. The Morgan fingerprint density at radius 3 is 2.82 bits per heavy atom. The monoisotopic (exact) mass is 155 g/mol. The highest BCUT2D eigenvalue weighted by Gasteiger charge is 2.04. The maximum absolute atomic E-state index is 5.43. The smallest absolute Gasteiger partial charge is 0.239 e. The molecular formula is C6H13N5. The van der Waals surface area contributed by atoms with Gasteiger partial charge >= 0.3 is 0 Å². The lowest BCUT2D eigenvalue weighted by Crippen LogP contribution is -2.13. The standard InChI is InChI=1S/C6H13N5/c1-4(3-7)2-5-9-6(8)11-10-5/h4H,2-3,7H2,1H3,(H3,8,9,10,11). The van der Waals surface area contributed by atoms with E-state index in [0.717, 1.165) is 12.2 Å². The van der Waals surface area contributed by atoms with Gasteiger partial charge in [-0.15, -0.1) is 5.10 Å². The van der Waals surface area contributed by atoms with E-state index in [1.54, 1.807) is 0 Å². The van der Waals surface area contributed by atoms with Crippen LogP contribution >= 0.6 is 0 Å². The zero-order valence-electron chi connectivity index (χ0n) is 6.54. The lowest BCUT2D eigenvalue weighted by Gasteiger charge is -2.03. The molecule has 1 heterocycles. The third-order valence-electron chi connectivity index (χ3n) is 1.49. The molecule has 0 aliphatic heterocycles. The first-order chi connectivity index (χ1) is 5.22. The summed E-state index contributed by atoms with van der Waals surface area (Å²) >= 11 is 0. The minimum atomic E-state index is 0.296. The van der Waals surface area contributed by atoms with Gasteiger partial charge in [-0.25, -0.2) is 0 Å². The molecule has 1 aromatic rings. The number of anilines is 1. The first-order valence-electron chi connectivity index (χ1n) is 3.59. The number of nitrogens with one attached hydrogen (secondary N) is 1. The Kier molecular flexibility index (Phi) is 2.43. The van der Waals surface area contributed by atoms with Gasteiger partial charge in [0.05, 0.1) is 0 Å². The van der Waals surface area contributed by atoms with E-state index in [-0.39, 0.29) is 0 Å². The quantitative estimate of drug-likeness (QED) is 0.549. The number of H-pyrrole nitrogens is 1. The zero-order valence-corrected chi connectivity index (χ0v) is 6.54. The SMILES string of the molecule is CC(CN)Cc1nc(N)n[nH]1. The zero-order chi connectivity index (χ0) is 8.27. The Morgan fingerprint density at radius 2 is 2.36 bits per heavy atom. The summed E-state index contributed by atoms with van der Waals surface area (Å²) in [6, 6.07) is 0. The fourth-order valence-electron chi connectivity index (χ4n) is 0.815. The fourth-order valence-corrected chi connectivity index (χ4v) is 0.815. The molecule has 0 aromatic carbocycles. The third kappa shape index (κ3) is 2.19. The second-order valence-electron chi connectivity index (χ2n) is 2.69. The summed E-state index contributed by atoms with van der Waals surface area (Å²) in [6.07, 6.45) is 0.806. The van der Waals surface area contributed by atoms with E-state index in [2.05, 4.69) is 22.1 Å². The van der Waals surface area contributed by atoms with Gasteiger partial charge in [-0.05, 0) is 12.5 Å². The van der Waals surface area contributed by atoms with Crippen LogP contribution in [0.25, 0.3) is 0 Å². The van der Waals surface area contributed by atoms with Crippen LogP contribution in [-0.4, -0.2) is 21.7 Å². The van der Waals surface area contributed by atoms with E-state index in [4.69, 9.17) is 11.5 Å². The molecule has 1 atom stereocenters. The van der Waals surface area contributed by atoms with E-state index in [9.17, 15) is 0 Å². The van der Waals surface area contributed by atoms with Crippen molar-refractivity contribution in [2.24, 2.45) is 11.7 Å². The van der Waals surface area contributed by atoms with Crippen LogP contribution in [0, 0.1) is 5.92 Å². The van der Waals surface area contributed by atoms with Crippen molar-refractivity contribution < 1.29 is 0 Å². The van der Waals surface area contributed by atoms with E-state index in [0.29, 0.717) is 18.4 Å². The van der Waals surface area contributed by atoms with Crippen LogP contribution < -0.4 is 11.5 Å². The molecule has 0 fully saturated rings. The van der Waals surface area contributed by atoms with Crippen LogP contribution in [0.1, 0.15) is 12.7 Å². The lowest BCUT2D eigenvalue weighted by atomic mass is 10.1. The summed E-state index contributed by atoms with van der Waals surface area (Å²) in [5, 5.41) is 6.43. The van der Waals surface area contributed by atoms with Gasteiger partial charge < -0.3 is 11.5 Å². The molecule has 0 radical (unpaired) electrons. The molecule has 0 aliphatic carbocycles. The number of nitrogens with zero attached hydrogens (tertiary/aromatic N) is 2. The fraction of sp³-hybridized carbons (Fsp3) is 0.667. The number of hydrogen-bond donors (Lipinski definition) is 3. The molecule has 0 spiro atoms. The minimum Gasteiger partial charge on any atom is -0.367 e. The second kappa shape index (κ2) is 3.34. The Hall–Kier alpha value is -1.10. The van der Waals surface area contributed by atoms with Gasteiger partial charge in [0, 0.05) is 6.42 Å². The molecule has 0 saturated carbocycles. The first kappa shape index (κ1) is 8.00. The summed E-state index contributed by atoms with van der Waals surface area (Å²) in [7, 11) is 0. The Balaban J connectivity index is 2.50. The van der Waals surface area contributed by atoms with Crippen molar-refractivity contribution in [1.29, 1.82) is 0 Å². The summed E-state index contributed by atoms with van der Waals surface area (Å²) in [5.41, 5.74) is 10.7. The maximum Gasteiger partial charge on any atom is 0.239 e. The van der Waals surface area contributed by atoms with E-state index >= 15 is 0 Å². The minimum absolute atomic E-state index is 0.296. The predicted molar refractivity (Wildman–Crippen MR) is 42.7 cm³/mol. The van der Waals surface area contributed by atoms with Gasteiger partial charge in [0.1, 0.15) is 5.82 Å². The highest BCUT2D eigenvalue weighted by Crippen LogP contribution is 2.02. The molecule has 1 aromatic heterocycles. The molecule has 5 heteroatoms. The van der Waals surface area contributed by atoms with Crippen LogP contribution in [0.15, 0.2) is 0 Å². The lowest BCUT2D eigenvalue weighted by molar-refractivity contribution is 0.575. The van der Waals surface area contributed by atoms with Crippen molar-refractivity contribution in [3.8, 4) is 0 Å². The number of hydrogen-bond acceptors (Lipinski definition) is 4. The summed E-state index contributed by atoms with van der Waals surface area (Å²) in [4.78, 5) is 3.95. The molecule has 0 saturated heterocycles. The molecule has 5 nitrogen and oxygen atoms in total. The first-order valence-corrected chi connectivity index (χ1v) is 3.59. The van der Waals surface area contributed by atoms with E-state index in [1.807, 2.05) is 0 Å². The van der Waals surface area contributed by atoms with Gasteiger partial charge in [-0.3, -0.25) is 5.10 Å². The molecule has 1 rings (SSSR count). The molecule has 5 N–H and O–H groups in total. The number of nitrogen functional groups attached to an aromatic ring is 1. The summed E-state index contributed by atoms with van der Waals surface area (Å²) in [6.45, 7) is 2.71. The Labute approximate surface area is 65.2 Å². The Morgan fingerprint density at radius 1 is 1.64 bits per heavy atom. The highest BCUT2D eigenvalue weighted by atomic mass is 15.3. The Bertz CT molecular complexity index is 219. The maximum atomic E-state index is 5.43. The van der Waals surface area contributed by atoms with Crippen molar-refractivity contribution in [3.05, 3.63) is 5.82 Å². The van der Waals surface area contributed by atoms with Gasteiger partial charge in [-0.2, -0.15) is 4.98 Å². The average Bonchev–Trinajstić information content (AvgIpc) is 2.35. The van der Waals surface area contributed by atoms with Gasteiger partial charge in [0.15, 0.2) is 0 Å². The average molecular weight is 155 g/mol. The van der Waals surface area contributed by atoms with Crippen molar-refractivity contribution >= 4 is 5.95 Å². The molecular weight excluding hydrogens is 142 g/mol. The van der Waals surface area contributed by atoms with Gasteiger partial charge in [0.2, 0.25) is 5.95 Å². The number of nitrogens with two attached hydrogens (primary N) is 2. The number of aromatic amines is 1. The number of rotatable bonds is 3. The summed E-state index contributed by atoms with van der Waals surface area (Å²) in [5.74, 6) is 1.52. The molecule has 0 aliphatic rings. The molecule has 0 amide bonds. The van der Waals surface area contributed by atoms with Crippen molar-refractivity contribution in [2.45, 2.75) is 13.3 Å². The van der Waals surface area contributed by atoms with E-state index < -0.39 is 0 Å². The van der Waals surface area contributed by atoms with E-state index in [1.165, 1.54) is 0 Å². The highest BCUT2D eigenvalue weighted by molar-refractivity contribution is 5.12.